The second-order valence-electron chi connectivity index (χ2n) is 4.34. The van der Waals surface area contributed by atoms with Gasteiger partial charge in [0.2, 0.25) is 5.91 Å². The van der Waals surface area contributed by atoms with E-state index in [0.717, 1.165) is 15.8 Å². The van der Waals surface area contributed by atoms with Crippen LogP contribution < -0.4 is 10.6 Å². The van der Waals surface area contributed by atoms with Crippen LogP contribution in [0.2, 0.25) is 10.0 Å². The lowest BCUT2D eigenvalue weighted by atomic mass is 10.3. The Kier molecular flexibility index (Phi) is 5.91. The van der Waals surface area contributed by atoms with Crippen molar-refractivity contribution in [3.8, 4) is 0 Å². The summed E-state index contributed by atoms with van der Waals surface area (Å²) in [5.41, 5.74) is 1.48. The fourth-order valence-corrected chi connectivity index (χ4v) is 2.51. The molecule has 0 heterocycles. The Hall–Kier alpha value is -1.23. The van der Waals surface area contributed by atoms with E-state index in [4.69, 9.17) is 23.2 Å². The van der Waals surface area contributed by atoms with Gasteiger partial charge < -0.3 is 10.6 Å². The minimum Gasteiger partial charge on any atom is -0.383 e. The molecule has 2 N–H and O–H groups in total. The van der Waals surface area contributed by atoms with Gasteiger partial charge in [0.1, 0.15) is 0 Å². The first-order valence-corrected chi connectivity index (χ1v) is 7.84. The lowest BCUT2D eigenvalue weighted by molar-refractivity contribution is -0.115. The summed E-state index contributed by atoms with van der Waals surface area (Å²) in [7, 11) is 0. The second-order valence-corrected chi connectivity index (χ2v) is 6.04. The van der Waals surface area contributed by atoms with Crippen molar-refractivity contribution in [1.29, 1.82) is 0 Å². The normalized spacial score (nSPS) is 10.2. The van der Waals surface area contributed by atoms with Crippen LogP contribution in [0.25, 0.3) is 0 Å². The summed E-state index contributed by atoms with van der Waals surface area (Å²) in [6.07, 6.45) is 0.329. The van der Waals surface area contributed by atoms with Crippen LogP contribution in [0.3, 0.4) is 0 Å². The molecule has 0 bridgehead atoms. The number of amides is 1. The summed E-state index contributed by atoms with van der Waals surface area (Å²) in [6.45, 7) is 0.472. The van der Waals surface area contributed by atoms with E-state index in [0.29, 0.717) is 23.0 Å². The van der Waals surface area contributed by atoms with E-state index in [9.17, 15) is 4.79 Å². The lowest BCUT2D eigenvalue weighted by Gasteiger charge is -2.09. The zero-order chi connectivity index (χ0) is 15.2. The van der Waals surface area contributed by atoms with Gasteiger partial charge in [-0.2, -0.15) is 0 Å². The highest BCUT2D eigenvalue weighted by atomic mass is 79.9. The molecule has 0 unspecified atom stereocenters. The number of hydrogen-bond donors (Lipinski definition) is 2. The number of hydrogen-bond acceptors (Lipinski definition) is 2. The predicted octanol–water partition coefficient (Wildman–Crippen LogP) is 5.20. The fourth-order valence-electron chi connectivity index (χ4n) is 1.74. The van der Waals surface area contributed by atoms with E-state index < -0.39 is 0 Å². The number of anilines is 2. The molecule has 0 aliphatic carbocycles. The van der Waals surface area contributed by atoms with Gasteiger partial charge in [0.15, 0.2) is 0 Å². The quantitative estimate of drug-likeness (QED) is 0.740. The maximum Gasteiger partial charge on any atom is 0.226 e. The molecule has 2 aromatic rings. The molecule has 0 aliphatic heterocycles. The third kappa shape index (κ3) is 4.92. The first kappa shape index (κ1) is 16.1. The minimum atomic E-state index is -0.0706. The van der Waals surface area contributed by atoms with Gasteiger partial charge in [0.05, 0.1) is 15.7 Å². The summed E-state index contributed by atoms with van der Waals surface area (Å²) in [4.78, 5) is 11.8. The molecule has 6 heteroatoms. The average Bonchev–Trinajstić information content (AvgIpc) is 2.43. The predicted molar refractivity (Wildman–Crippen MR) is 92.3 cm³/mol. The molecule has 0 radical (unpaired) electrons. The Balaban J connectivity index is 1.83. The smallest absolute Gasteiger partial charge is 0.226 e. The third-order valence-electron chi connectivity index (χ3n) is 2.73. The molecule has 3 nitrogen and oxygen atoms in total. The van der Waals surface area contributed by atoms with Gasteiger partial charge in [-0.3, -0.25) is 4.79 Å². The summed E-state index contributed by atoms with van der Waals surface area (Å²) in [6, 6.07) is 12.8. The fraction of sp³-hybridized carbons (Fsp3) is 0.133. The topological polar surface area (TPSA) is 41.1 Å². The molecule has 0 saturated carbocycles. The van der Waals surface area contributed by atoms with E-state index in [-0.39, 0.29) is 5.91 Å². The number of halogens is 3. The second kappa shape index (κ2) is 7.69. The molecule has 0 aromatic heterocycles. The molecule has 21 heavy (non-hydrogen) atoms. The summed E-state index contributed by atoms with van der Waals surface area (Å²) in [5.74, 6) is -0.0706. The van der Waals surface area contributed by atoms with Crippen LogP contribution in [0.4, 0.5) is 11.4 Å². The van der Waals surface area contributed by atoms with E-state index in [2.05, 4.69) is 26.6 Å². The third-order valence-corrected chi connectivity index (χ3v) is 4.04. The van der Waals surface area contributed by atoms with E-state index in [1.165, 1.54) is 0 Å². The molecule has 0 spiro atoms. The molecule has 2 aromatic carbocycles. The Morgan fingerprint density at radius 2 is 1.90 bits per heavy atom. The zero-order valence-electron chi connectivity index (χ0n) is 11.0. The minimum absolute atomic E-state index is 0.0706. The molecule has 0 fully saturated rings. The number of carbonyl (C=O) groups excluding carboxylic acids is 1. The van der Waals surface area contributed by atoms with Gasteiger partial charge in [0, 0.05) is 23.1 Å². The molecule has 0 aliphatic rings. The molecule has 2 rings (SSSR count). The molecule has 0 saturated heterocycles. The van der Waals surface area contributed by atoms with Crippen LogP contribution in [0, 0.1) is 0 Å². The Bertz CT molecular complexity index is 649. The lowest BCUT2D eigenvalue weighted by Crippen LogP contribution is -2.16. The van der Waals surface area contributed by atoms with Crippen LogP contribution in [-0.4, -0.2) is 12.5 Å². The maximum atomic E-state index is 11.8. The largest absolute Gasteiger partial charge is 0.383 e. The number of rotatable bonds is 5. The van der Waals surface area contributed by atoms with Crippen LogP contribution in [0.1, 0.15) is 6.42 Å². The van der Waals surface area contributed by atoms with Gasteiger partial charge in [-0.05, 0) is 30.3 Å². The maximum absolute atomic E-state index is 11.8. The summed E-state index contributed by atoms with van der Waals surface area (Å²) < 4.78 is 0.920. The van der Waals surface area contributed by atoms with Crippen molar-refractivity contribution < 1.29 is 4.79 Å². The number of nitrogens with one attached hydrogen (secondary N) is 2. The van der Waals surface area contributed by atoms with Crippen LogP contribution >= 0.6 is 39.1 Å². The highest BCUT2D eigenvalue weighted by molar-refractivity contribution is 9.10. The highest BCUT2D eigenvalue weighted by Crippen LogP contribution is 2.29. The van der Waals surface area contributed by atoms with Gasteiger partial charge in [-0.15, -0.1) is 0 Å². The molecule has 1 amide bonds. The number of carbonyl (C=O) groups is 1. The Morgan fingerprint density at radius 3 is 2.67 bits per heavy atom. The summed E-state index contributed by atoms with van der Waals surface area (Å²) >= 11 is 15.3. The first-order valence-electron chi connectivity index (χ1n) is 6.29. The Labute approximate surface area is 141 Å². The highest BCUT2D eigenvalue weighted by Gasteiger charge is 2.06. The average molecular weight is 388 g/mol. The van der Waals surface area contributed by atoms with Crippen molar-refractivity contribution in [3.63, 3.8) is 0 Å². The zero-order valence-corrected chi connectivity index (χ0v) is 14.1. The van der Waals surface area contributed by atoms with Gasteiger partial charge in [-0.1, -0.05) is 51.3 Å². The first-order chi connectivity index (χ1) is 10.1. The van der Waals surface area contributed by atoms with Gasteiger partial charge in [-0.25, -0.2) is 0 Å². The Morgan fingerprint density at radius 1 is 1.14 bits per heavy atom. The van der Waals surface area contributed by atoms with Crippen molar-refractivity contribution in [2.75, 3.05) is 17.2 Å². The monoisotopic (exact) mass is 386 g/mol. The van der Waals surface area contributed by atoms with E-state index in [1.807, 2.05) is 30.3 Å². The van der Waals surface area contributed by atoms with Crippen LogP contribution in [0.15, 0.2) is 46.9 Å². The van der Waals surface area contributed by atoms with Crippen molar-refractivity contribution >= 4 is 56.4 Å². The van der Waals surface area contributed by atoms with Crippen molar-refractivity contribution in [3.05, 3.63) is 57.0 Å². The molecule has 0 atom stereocenters. The number of benzene rings is 2. The van der Waals surface area contributed by atoms with Crippen LogP contribution in [0.5, 0.6) is 0 Å². The summed E-state index contributed by atoms with van der Waals surface area (Å²) in [5, 5.41) is 6.87. The van der Waals surface area contributed by atoms with E-state index in [1.54, 1.807) is 12.1 Å². The SMILES string of the molecule is O=C(CCNc1cccc(Cl)c1Cl)Nc1cccc(Br)c1. The standard InChI is InChI=1S/C15H13BrCl2N2O/c16-10-3-1-4-11(9-10)20-14(21)7-8-19-13-6-2-5-12(17)15(13)18/h1-6,9,19H,7-8H2,(H,20,21). The van der Waals surface area contributed by atoms with Gasteiger partial charge in [0.25, 0.3) is 0 Å². The molecular formula is C15H13BrCl2N2O. The molecular weight excluding hydrogens is 375 g/mol. The van der Waals surface area contributed by atoms with E-state index >= 15 is 0 Å². The van der Waals surface area contributed by atoms with Crippen molar-refractivity contribution in [2.45, 2.75) is 6.42 Å². The molecule has 110 valence electrons. The van der Waals surface area contributed by atoms with Crippen molar-refractivity contribution in [1.82, 2.24) is 0 Å². The van der Waals surface area contributed by atoms with Crippen molar-refractivity contribution in [2.24, 2.45) is 0 Å². The van der Waals surface area contributed by atoms with Gasteiger partial charge >= 0.3 is 0 Å². The van der Waals surface area contributed by atoms with Crippen LogP contribution in [-0.2, 0) is 4.79 Å².